The van der Waals surface area contributed by atoms with Gasteiger partial charge in [-0.15, -0.1) is 0 Å². The predicted octanol–water partition coefficient (Wildman–Crippen LogP) is 3.01. The zero-order chi connectivity index (χ0) is 13.2. The van der Waals surface area contributed by atoms with Gasteiger partial charge in [-0.2, -0.15) is 13.2 Å². The fourth-order valence-corrected chi connectivity index (χ4v) is 2.06. The molecule has 0 unspecified atom stereocenters. The van der Waals surface area contributed by atoms with Crippen LogP contribution in [0, 0.1) is 5.82 Å². The van der Waals surface area contributed by atoms with Crippen LogP contribution in [0.15, 0.2) is 18.2 Å². The molecule has 2 nitrogen and oxygen atoms in total. The monoisotopic (exact) mass is 262 g/mol. The molecular weight excluding hydrogens is 248 g/mol. The molecule has 1 aromatic rings. The predicted molar refractivity (Wildman–Crippen MR) is 60.9 cm³/mol. The second-order valence-electron chi connectivity index (χ2n) is 4.36. The van der Waals surface area contributed by atoms with Crippen LogP contribution in [0.1, 0.15) is 18.4 Å². The lowest BCUT2D eigenvalue weighted by Gasteiger charge is -2.26. The lowest BCUT2D eigenvalue weighted by Crippen LogP contribution is -2.35. The summed E-state index contributed by atoms with van der Waals surface area (Å²) in [5, 5.41) is 5.99. The molecular formula is C12H14F4N2. The van der Waals surface area contributed by atoms with Crippen molar-refractivity contribution in [2.75, 3.05) is 18.4 Å². The zero-order valence-electron chi connectivity index (χ0n) is 9.65. The van der Waals surface area contributed by atoms with Crippen molar-refractivity contribution < 1.29 is 17.6 Å². The van der Waals surface area contributed by atoms with E-state index in [0.717, 1.165) is 38.1 Å². The van der Waals surface area contributed by atoms with Crippen LogP contribution < -0.4 is 10.6 Å². The van der Waals surface area contributed by atoms with Gasteiger partial charge in [-0.1, -0.05) is 0 Å². The van der Waals surface area contributed by atoms with Crippen LogP contribution in [-0.4, -0.2) is 19.1 Å². The third kappa shape index (κ3) is 3.13. The van der Waals surface area contributed by atoms with Gasteiger partial charge in [0.15, 0.2) is 0 Å². The summed E-state index contributed by atoms with van der Waals surface area (Å²) in [6, 6.07) is 2.72. The van der Waals surface area contributed by atoms with Gasteiger partial charge in [-0.25, -0.2) is 4.39 Å². The highest BCUT2D eigenvalue weighted by Gasteiger charge is 2.34. The summed E-state index contributed by atoms with van der Waals surface area (Å²) in [6.07, 6.45) is -3.03. The van der Waals surface area contributed by atoms with Crippen LogP contribution in [0.2, 0.25) is 0 Å². The zero-order valence-corrected chi connectivity index (χ0v) is 9.65. The molecule has 1 saturated heterocycles. The van der Waals surface area contributed by atoms with Crippen molar-refractivity contribution >= 4 is 5.69 Å². The second-order valence-corrected chi connectivity index (χ2v) is 4.36. The number of nitrogens with one attached hydrogen (secondary N) is 2. The van der Waals surface area contributed by atoms with Gasteiger partial charge in [0.25, 0.3) is 0 Å². The highest BCUT2D eigenvalue weighted by atomic mass is 19.4. The molecule has 0 spiro atoms. The highest BCUT2D eigenvalue weighted by molar-refractivity contribution is 5.53. The maximum absolute atomic E-state index is 12.9. The molecule has 6 heteroatoms. The minimum Gasteiger partial charge on any atom is -0.382 e. The third-order valence-corrected chi connectivity index (χ3v) is 2.99. The summed E-state index contributed by atoms with van der Waals surface area (Å²) in [7, 11) is 0. The fraction of sp³-hybridized carbons (Fsp3) is 0.500. The highest BCUT2D eigenvalue weighted by Crippen LogP contribution is 2.35. The first kappa shape index (κ1) is 13.1. The number of anilines is 1. The quantitative estimate of drug-likeness (QED) is 0.801. The molecule has 1 fully saturated rings. The number of hydrogen-bond acceptors (Lipinski definition) is 2. The van der Waals surface area contributed by atoms with Gasteiger partial charge in [0, 0.05) is 11.7 Å². The average molecular weight is 262 g/mol. The Bertz CT molecular complexity index is 411. The summed E-state index contributed by atoms with van der Waals surface area (Å²) in [5.41, 5.74) is -0.989. The van der Waals surface area contributed by atoms with E-state index in [1.807, 2.05) is 0 Å². The summed E-state index contributed by atoms with van der Waals surface area (Å²) >= 11 is 0. The van der Waals surface area contributed by atoms with E-state index in [0.29, 0.717) is 6.07 Å². The Hall–Kier alpha value is -1.30. The summed E-state index contributed by atoms with van der Waals surface area (Å²) in [6.45, 7) is 1.56. The normalized spacial score (nSPS) is 17.8. The van der Waals surface area contributed by atoms with Crippen molar-refractivity contribution in [2.45, 2.75) is 25.1 Å². The van der Waals surface area contributed by atoms with Gasteiger partial charge >= 0.3 is 6.18 Å². The van der Waals surface area contributed by atoms with E-state index in [9.17, 15) is 17.6 Å². The van der Waals surface area contributed by atoms with E-state index in [1.165, 1.54) is 0 Å². The Kier molecular flexibility index (Phi) is 3.75. The molecule has 1 aliphatic rings. The minimum atomic E-state index is -4.54. The van der Waals surface area contributed by atoms with Crippen LogP contribution in [0.25, 0.3) is 0 Å². The van der Waals surface area contributed by atoms with Gasteiger partial charge in [0.05, 0.1) is 5.56 Å². The topological polar surface area (TPSA) is 24.1 Å². The van der Waals surface area contributed by atoms with Crippen LogP contribution in [-0.2, 0) is 6.18 Å². The fourth-order valence-electron chi connectivity index (χ4n) is 2.06. The number of halogens is 4. The van der Waals surface area contributed by atoms with Crippen LogP contribution in [0.3, 0.4) is 0 Å². The van der Waals surface area contributed by atoms with Gasteiger partial charge in [-0.05, 0) is 44.1 Å². The molecule has 0 radical (unpaired) electrons. The van der Waals surface area contributed by atoms with Crippen molar-refractivity contribution in [1.82, 2.24) is 5.32 Å². The first-order valence-corrected chi connectivity index (χ1v) is 5.81. The lowest BCUT2D eigenvalue weighted by molar-refractivity contribution is -0.137. The lowest BCUT2D eigenvalue weighted by atomic mass is 10.0. The van der Waals surface area contributed by atoms with E-state index in [-0.39, 0.29) is 11.7 Å². The molecule has 0 atom stereocenters. The molecule has 0 amide bonds. The maximum atomic E-state index is 12.9. The standard InChI is InChI=1S/C12H14F4N2/c13-8-1-2-11(10(7-8)12(14,15)16)18-9-3-5-17-6-4-9/h1-2,7,9,17-18H,3-6H2. The maximum Gasteiger partial charge on any atom is 0.418 e. The molecule has 0 aromatic heterocycles. The largest absolute Gasteiger partial charge is 0.418 e. The minimum absolute atomic E-state index is 0.00203. The van der Waals surface area contributed by atoms with Crippen molar-refractivity contribution in [1.29, 1.82) is 0 Å². The van der Waals surface area contributed by atoms with Crippen molar-refractivity contribution in [3.63, 3.8) is 0 Å². The van der Waals surface area contributed by atoms with E-state index in [2.05, 4.69) is 10.6 Å². The molecule has 0 aliphatic carbocycles. The number of hydrogen-bond donors (Lipinski definition) is 2. The van der Waals surface area contributed by atoms with Crippen LogP contribution >= 0.6 is 0 Å². The molecule has 1 aliphatic heterocycles. The van der Waals surface area contributed by atoms with E-state index in [4.69, 9.17) is 0 Å². The Labute approximate surface area is 102 Å². The Balaban J connectivity index is 2.21. The summed E-state index contributed by atoms with van der Waals surface area (Å²) in [5.74, 6) is -0.877. The van der Waals surface area contributed by atoms with Gasteiger partial charge in [-0.3, -0.25) is 0 Å². The van der Waals surface area contributed by atoms with Gasteiger partial charge in [0.2, 0.25) is 0 Å². The summed E-state index contributed by atoms with van der Waals surface area (Å²) in [4.78, 5) is 0. The van der Waals surface area contributed by atoms with Crippen LogP contribution in [0.5, 0.6) is 0 Å². The average Bonchev–Trinajstić information content (AvgIpc) is 2.31. The molecule has 2 N–H and O–H groups in total. The first-order valence-electron chi connectivity index (χ1n) is 5.81. The van der Waals surface area contributed by atoms with Crippen molar-refractivity contribution in [2.24, 2.45) is 0 Å². The Morgan fingerprint density at radius 1 is 1.17 bits per heavy atom. The van der Waals surface area contributed by atoms with E-state index >= 15 is 0 Å². The second kappa shape index (κ2) is 5.14. The smallest absolute Gasteiger partial charge is 0.382 e. The third-order valence-electron chi connectivity index (χ3n) is 2.99. The first-order chi connectivity index (χ1) is 8.47. The van der Waals surface area contributed by atoms with E-state index < -0.39 is 17.6 Å². The molecule has 0 saturated carbocycles. The Morgan fingerprint density at radius 2 is 1.83 bits per heavy atom. The van der Waals surface area contributed by atoms with Crippen molar-refractivity contribution in [3.05, 3.63) is 29.6 Å². The number of piperidine rings is 1. The molecule has 1 aromatic carbocycles. The van der Waals surface area contributed by atoms with Gasteiger partial charge < -0.3 is 10.6 Å². The summed E-state index contributed by atoms with van der Waals surface area (Å²) < 4.78 is 51.2. The van der Waals surface area contributed by atoms with Crippen LogP contribution in [0.4, 0.5) is 23.2 Å². The molecule has 0 bridgehead atoms. The Morgan fingerprint density at radius 3 is 2.44 bits per heavy atom. The molecule has 1 heterocycles. The molecule has 2 rings (SSSR count). The molecule has 100 valence electrons. The van der Waals surface area contributed by atoms with Gasteiger partial charge in [0.1, 0.15) is 5.82 Å². The van der Waals surface area contributed by atoms with E-state index in [1.54, 1.807) is 0 Å². The SMILES string of the molecule is Fc1ccc(NC2CCNCC2)c(C(F)(F)F)c1. The number of rotatable bonds is 2. The molecule has 18 heavy (non-hydrogen) atoms. The number of alkyl halides is 3. The number of benzene rings is 1. The van der Waals surface area contributed by atoms with Crippen molar-refractivity contribution in [3.8, 4) is 0 Å².